The van der Waals surface area contributed by atoms with Gasteiger partial charge in [0, 0.05) is 37.5 Å². The average Bonchev–Trinajstić information content (AvgIpc) is 3.13. The minimum Gasteiger partial charge on any atom is -0.490 e. The minimum atomic E-state index is -0.166. The van der Waals surface area contributed by atoms with E-state index in [1.165, 1.54) is 18.9 Å². The second-order valence-corrected chi connectivity index (χ2v) is 9.59. The van der Waals surface area contributed by atoms with E-state index in [1.54, 1.807) is 12.4 Å². The maximum atomic E-state index is 14.2. The van der Waals surface area contributed by atoms with Crippen LogP contribution in [0.25, 0.3) is 0 Å². The molecule has 3 saturated heterocycles. The third-order valence-electron chi connectivity index (χ3n) is 7.53. The summed E-state index contributed by atoms with van der Waals surface area (Å²) < 4.78 is 26.0. The van der Waals surface area contributed by atoms with E-state index in [1.807, 2.05) is 18.5 Å². The van der Waals surface area contributed by atoms with Crippen molar-refractivity contribution in [2.75, 3.05) is 44.3 Å². The molecule has 3 fully saturated rings. The van der Waals surface area contributed by atoms with Crippen LogP contribution >= 0.6 is 0 Å². The van der Waals surface area contributed by atoms with Crippen LogP contribution in [0.4, 0.5) is 10.1 Å². The molecule has 0 bridgehead atoms. The predicted octanol–water partition coefficient (Wildman–Crippen LogP) is 4.41. The van der Waals surface area contributed by atoms with E-state index in [-0.39, 0.29) is 11.9 Å². The first-order chi connectivity index (χ1) is 16.3. The zero-order chi connectivity index (χ0) is 22.5. The first kappa shape index (κ1) is 22.5. The van der Waals surface area contributed by atoms with Crippen molar-refractivity contribution in [3.63, 3.8) is 0 Å². The van der Waals surface area contributed by atoms with E-state index in [4.69, 9.17) is 9.47 Å². The third kappa shape index (κ3) is 5.64. The van der Waals surface area contributed by atoms with Crippen molar-refractivity contribution >= 4 is 5.69 Å². The molecule has 3 aliphatic rings. The van der Waals surface area contributed by atoms with Crippen LogP contribution in [-0.2, 0) is 4.74 Å². The highest BCUT2D eigenvalue weighted by atomic mass is 19.1. The normalized spacial score (nSPS) is 23.9. The van der Waals surface area contributed by atoms with Gasteiger partial charge in [-0.05, 0) is 69.3 Å². The molecular weight excluding hydrogens is 419 g/mol. The number of hydrogen-bond acceptors (Lipinski definition) is 6. The van der Waals surface area contributed by atoms with E-state index in [9.17, 15) is 4.39 Å². The molecule has 4 heterocycles. The van der Waals surface area contributed by atoms with Crippen LogP contribution < -0.4 is 9.64 Å². The van der Waals surface area contributed by atoms with Crippen LogP contribution in [-0.4, -0.2) is 66.4 Å². The standard InChI is InChI=1S/C26H35FN4O2/c27-21-3-4-26(33-24-8-14-32-15-9-24)25(16-21)20-5-11-31(12-6-20)22-2-1-10-30(13-7-22)23-17-28-19-29-18-23/h3-4,16-20,22,24H,1-2,5-15H2/t22-/m1/s1. The molecule has 6 nitrogen and oxygen atoms in total. The van der Waals surface area contributed by atoms with Crippen LogP contribution in [0.3, 0.4) is 0 Å². The fraction of sp³-hybridized carbons (Fsp3) is 0.615. The fourth-order valence-electron chi connectivity index (χ4n) is 5.65. The first-order valence-corrected chi connectivity index (χ1v) is 12.5. The SMILES string of the molecule is Fc1ccc(OC2CCOCC2)c(C2CCN([C@@H]3CCCN(c4cncnc4)CC3)CC2)c1. The average molecular weight is 455 g/mol. The highest BCUT2D eigenvalue weighted by molar-refractivity contribution is 5.41. The van der Waals surface area contributed by atoms with Gasteiger partial charge in [-0.3, -0.25) is 0 Å². The number of ether oxygens (including phenoxy) is 2. The van der Waals surface area contributed by atoms with Crippen LogP contribution in [0.15, 0.2) is 36.9 Å². The summed E-state index contributed by atoms with van der Waals surface area (Å²) in [5, 5.41) is 0. The van der Waals surface area contributed by atoms with Crippen molar-refractivity contribution in [2.45, 2.75) is 63.0 Å². The molecule has 1 aromatic heterocycles. The van der Waals surface area contributed by atoms with Crippen molar-refractivity contribution < 1.29 is 13.9 Å². The Morgan fingerprint density at radius 2 is 1.70 bits per heavy atom. The molecular formula is C26H35FN4O2. The van der Waals surface area contributed by atoms with Crippen LogP contribution in [0, 0.1) is 5.82 Å². The number of piperidine rings is 1. The lowest BCUT2D eigenvalue weighted by Crippen LogP contribution is -2.41. The van der Waals surface area contributed by atoms with Gasteiger partial charge in [-0.2, -0.15) is 0 Å². The van der Waals surface area contributed by atoms with Gasteiger partial charge in [0.15, 0.2) is 0 Å². The van der Waals surface area contributed by atoms with Gasteiger partial charge in [0.1, 0.15) is 24.0 Å². The van der Waals surface area contributed by atoms with Crippen LogP contribution in [0.1, 0.15) is 56.4 Å². The Labute approximate surface area is 196 Å². The summed E-state index contributed by atoms with van der Waals surface area (Å²) in [5.41, 5.74) is 2.18. The lowest BCUT2D eigenvalue weighted by molar-refractivity contribution is 0.0248. The van der Waals surface area contributed by atoms with Gasteiger partial charge in [0.2, 0.25) is 0 Å². The molecule has 5 rings (SSSR count). The molecule has 0 saturated carbocycles. The van der Waals surface area contributed by atoms with Gasteiger partial charge in [-0.1, -0.05) is 0 Å². The summed E-state index contributed by atoms with van der Waals surface area (Å²) in [5.74, 6) is 1.06. The van der Waals surface area contributed by atoms with E-state index in [2.05, 4.69) is 19.8 Å². The number of aromatic nitrogens is 2. The Kier molecular flexibility index (Phi) is 7.37. The Balaban J connectivity index is 1.18. The molecule has 0 aliphatic carbocycles. The van der Waals surface area contributed by atoms with Crippen molar-refractivity contribution in [1.82, 2.24) is 14.9 Å². The van der Waals surface area contributed by atoms with E-state index in [0.29, 0.717) is 12.0 Å². The Morgan fingerprint density at radius 1 is 0.909 bits per heavy atom. The van der Waals surface area contributed by atoms with Crippen molar-refractivity contribution in [3.05, 3.63) is 48.3 Å². The highest BCUT2D eigenvalue weighted by Crippen LogP contribution is 2.37. The molecule has 0 amide bonds. The van der Waals surface area contributed by atoms with Gasteiger partial charge < -0.3 is 19.3 Å². The molecule has 1 aromatic carbocycles. The molecule has 33 heavy (non-hydrogen) atoms. The van der Waals surface area contributed by atoms with Crippen LogP contribution in [0.5, 0.6) is 5.75 Å². The molecule has 1 atom stereocenters. The number of benzene rings is 1. The summed E-state index contributed by atoms with van der Waals surface area (Å²) in [4.78, 5) is 13.4. The van der Waals surface area contributed by atoms with Crippen LogP contribution in [0.2, 0.25) is 0 Å². The second kappa shape index (κ2) is 10.8. The van der Waals surface area contributed by atoms with Crippen molar-refractivity contribution in [1.29, 1.82) is 0 Å². The summed E-state index contributed by atoms with van der Waals surface area (Å²) >= 11 is 0. The lowest BCUT2D eigenvalue weighted by Gasteiger charge is -2.38. The quantitative estimate of drug-likeness (QED) is 0.667. The monoisotopic (exact) mass is 454 g/mol. The van der Waals surface area contributed by atoms with Gasteiger partial charge in [-0.15, -0.1) is 0 Å². The smallest absolute Gasteiger partial charge is 0.123 e. The molecule has 178 valence electrons. The number of halogens is 1. The number of nitrogens with zero attached hydrogens (tertiary/aromatic N) is 4. The maximum absolute atomic E-state index is 14.2. The van der Waals surface area contributed by atoms with E-state index in [0.717, 1.165) is 88.5 Å². The molecule has 2 aromatic rings. The number of likely N-dealkylation sites (tertiary alicyclic amines) is 1. The first-order valence-electron chi connectivity index (χ1n) is 12.5. The van der Waals surface area contributed by atoms with Gasteiger partial charge in [0.05, 0.1) is 31.3 Å². The third-order valence-corrected chi connectivity index (χ3v) is 7.53. The molecule has 0 N–H and O–H groups in total. The van der Waals surface area contributed by atoms with Gasteiger partial charge in [0.25, 0.3) is 0 Å². The molecule has 0 radical (unpaired) electrons. The molecule has 3 aliphatic heterocycles. The largest absolute Gasteiger partial charge is 0.490 e. The highest BCUT2D eigenvalue weighted by Gasteiger charge is 2.29. The zero-order valence-corrected chi connectivity index (χ0v) is 19.4. The van der Waals surface area contributed by atoms with Gasteiger partial charge >= 0.3 is 0 Å². The number of hydrogen-bond donors (Lipinski definition) is 0. The Hall–Kier alpha value is -2.25. The molecule has 0 unspecified atom stereocenters. The number of anilines is 1. The fourth-order valence-corrected chi connectivity index (χ4v) is 5.65. The lowest BCUT2D eigenvalue weighted by atomic mass is 9.87. The maximum Gasteiger partial charge on any atom is 0.123 e. The zero-order valence-electron chi connectivity index (χ0n) is 19.4. The minimum absolute atomic E-state index is 0.166. The van der Waals surface area contributed by atoms with Gasteiger partial charge in [-0.25, -0.2) is 14.4 Å². The Bertz CT molecular complexity index is 885. The summed E-state index contributed by atoms with van der Waals surface area (Å²) in [6.07, 6.45) is 13.1. The summed E-state index contributed by atoms with van der Waals surface area (Å²) in [7, 11) is 0. The van der Waals surface area contributed by atoms with Crippen molar-refractivity contribution in [2.24, 2.45) is 0 Å². The van der Waals surface area contributed by atoms with E-state index >= 15 is 0 Å². The summed E-state index contributed by atoms with van der Waals surface area (Å²) in [6, 6.07) is 5.69. The van der Waals surface area contributed by atoms with E-state index < -0.39 is 0 Å². The second-order valence-electron chi connectivity index (χ2n) is 9.59. The summed E-state index contributed by atoms with van der Waals surface area (Å²) in [6.45, 7) is 5.74. The topological polar surface area (TPSA) is 50.7 Å². The molecule has 7 heteroatoms. The predicted molar refractivity (Wildman–Crippen MR) is 126 cm³/mol. The number of rotatable bonds is 5. The molecule has 0 spiro atoms. The Morgan fingerprint density at radius 3 is 2.48 bits per heavy atom. The van der Waals surface area contributed by atoms with Crippen molar-refractivity contribution in [3.8, 4) is 5.75 Å².